The topological polar surface area (TPSA) is 40.5 Å². The summed E-state index contributed by atoms with van der Waals surface area (Å²) in [4.78, 5) is 16.1. The summed E-state index contributed by atoms with van der Waals surface area (Å²) < 4.78 is 0. The van der Waals surface area contributed by atoms with Crippen LogP contribution in [0.2, 0.25) is 0 Å². The third kappa shape index (κ3) is 2.95. The molecule has 0 saturated heterocycles. The molecule has 1 N–H and O–H groups in total. The molecular weight excluding hydrogens is 282 g/mol. The smallest absolute Gasteiger partial charge is 0.304 e. The molecule has 0 amide bonds. The highest BCUT2D eigenvalue weighted by Gasteiger charge is 2.29. The number of nitrogens with zero attached hydrogens (tertiary/aromatic N) is 1. The number of hydrogen-bond donors (Lipinski definition) is 1. The van der Waals surface area contributed by atoms with E-state index in [9.17, 15) is 4.79 Å². The Morgan fingerprint density at radius 1 is 1.29 bits per heavy atom. The van der Waals surface area contributed by atoms with Crippen LogP contribution in [0.5, 0.6) is 0 Å². The first-order valence-electron chi connectivity index (χ1n) is 7.30. The molecule has 2 heterocycles. The van der Waals surface area contributed by atoms with Gasteiger partial charge in [-0.05, 0) is 30.2 Å². The van der Waals surface area contributed by atoms with Crippen LogP contribution in [0, 0.1) is 0 Å². The van der Waals surface area contributed by atoms with Gasteiger partial charge in [0.2, 0.25) is 0 Å². The predicted molar refractivity (Wildman–Crippen MR) is 86.2 cm³/mol. The number of benzene rings is 1. The van der Waals surface area contributed by atoms with Crippen molar-refractivity contribution in [2.45, 2.75) is 32.2 Å². The molecule has 1 aromatic heterocycles. The van der Waals surface area contributed by atoms with Gasteiger partial charge >= 0.3 is 5.97 Å². The molecule has 4 heteroatoms. The molecule has 0 saturated carbocycles. The van der Waals surface area contributed by atoms with E-state index in [0.717, 1.165) is 19.5 Å². The molecule has 3 rings (SSSR count). The lowest BCUT2D eigenvalue weighted by molar-refractivity contribution is -0.137. The van der Waals surface area contributed by atoms with Gasteiger partial charge in [0.05, 0.1) is 13.0 Å². The second kappa shape index (κ2) is 5.90. The van der Waals surface area contributed by atoms with Crippen LogP contribution in [-0.2, 0) is 17.8 Å². The first-order valence-corrected chi connectivity index (χ1v) is 8.12. The van der Waals surface area contributed by atoms with E-state index in [1.807, 2.05) is 23.5 Å². The van der Waals surface area contributed by atoms with E-state index in [4.69, 9.17) is 5.11 Å². The summed E-state index contributed by atoms with van der Waals surface area (Å²) in [5, 5.41) is 9.09. The number of carbonyl (C=O) groups is 1. The van der Waals surface area contributed by atoms with E-state index >= 15 is 0 Å². The lowest BCUT2D eigenvalue weighted by atomic mass is 9.98. The number of carboxylic acids is 1. The molecule has 1 atom stereocenters. The summed E-state index contributed by atoms with van der Waals surface area (Å²) in [6, 6.07) is 12.6. The Kier molecular flexibility index (Phi) is 3.97. The molecule has 1 aromatic carbocycles. The van der Waals surface area contributed by atoms with Crippen molar-refractivity contribution in [2.75, 3.05) is 11.4 Å². The number of carboxylic acid groups (broad SMARTS) is 1. The zero-order valence-corrected chi connectivity index (χ0v) is 12.9. The minimum atomic E-state index is -0.721. The van der Waals surface area contributed by atoms with Crippen molar-refractivity contribution in [3.8, 4) is 0 Å². The number of hydrogen-bond acceptors (Lipinski definition) is 3. The maximum atomic E-state index is 11.1. The lowest BCUT2D eigenvalue weighted by Gasteiger charge is -2.18. The summed E-state index contributed by atoms with van der Waals surface area (Å²) in [5.74, 6) is -0.620. The summed E-state index contributed by atoms with van der Waals surface area (Å²) >= 11 is 1.85. The van der Waals surface area contributed by atoms with Crippen LogP contribution in [0.15, 0.2) is 36.4 Å². The molecule has 0 aliphatic carbocycles. The number of aliphatic carboxylic acids is 1. The molecule has 0 radical (unpaired) electrons. The van der Waals surface area contributed by atoms with E-state index in [1.54, 1.807) is 0 Å². The zero-order valence-electron chi connectivity index (χ0n) is 12.1. The number of aryl methyl sites for hydroxylation is 1. The van der Waals surface area contributed by atoms with Crippen LogP contribution in [0.4, 0.5) is 5.69 Å². The highest BCUT2D eigenvalue weighted by Crippen LogP contribution is 2.39. The van der Waals surface area contributed by atoms with Gasteiger partial charge in [0.15, 0.2) is 0 Å². The Balaban J connectivity index is 1.82. The molecule has 0 spiro atoms. The summed E-state index contributed by atoms with van der Waals surface area (Å²) in [6.45, 7) is 3.84. The van der Waals surface area contributed by atoms with Gasteiger partial charge < -0.3 is 10.0 Å². The maximum Gasteiger partial charge on any atom is 0.304 e. The first-order chi connectivity index (χ1) is 10.2. The summed E-state index contributed by atoms with van der Waals surface area (Å²) in [7, 11) is 0. The quantitative estimate of drug-likeness (QED) is 0.911. The van der Waals surface area contributed by atoms with Crippen molar-refractivity contribution in [2.24, 2.45) is 0 Å². The van der Waals surface area contributed by atoms with Gasteiger partial charge in [-0.25, -0.2) is 0 Å². The molecule has 0 fully saturated rings. The third-order valence-corrected chi connectivity index (χ3v) is 5.21. The second-order valence-electron chi connectivity index (χ2n) is 5.46. The van der Waals surface area contributed by atoms with Crippen LogP contribution < -0.4 is 4.90 Å². The number of para-hydroxylation sites is 1. The Bertz CT molecular complexity index is 650. The van der Waals surface area contributed by atoms with E-state index in [1.165, 1.54) is 21.0 Å². The monoisotopic (exact) mass is 301 g/mol. The average molecular weight is 301 g/mol. The van der Waals surface area contributed by atoms with E-state index in [0.29, 0.717) is 0 Å². The minimum Gasteiger partial charge on any atom is -0.481 e. The van der Waals surface area contributed by atoms with Crippen molar-refractivity contribution in [3.63, 3.8) is 0 Å². The normalized spacial score (nSPS) is 17.0. The molecule has 21 heavy (non-hydrogen) atoms. The second-order valence-corrected chi connectivity index (χ2v) is 6.71. The van der Waals surface area contributed by atoms with Crippen molar-refractivity contribution in [3.05, 3.63) is 51.7 Å². The number of thiophene rings is 1. The van der Waals surface area contributed by atoms with Gasteiger partial charge in [-0.1, -0.05) is 25.1 Å². The number of rotatable bonds is 5. The zero-order chi connectivity index (χ0) is 14.8. The standard InChI is InChI=1S/C17H19NO2S/c1-2-13-7-8-14(21-13)11-18-10-12(9-17(19)20)15-5-3-4-6-16(15)18/h3-8,12H,2,9-11H2,1H3,(H,19,20). The number of anilines is 1. The van der Waals surface area contributed by atoms with Gasteiger partial charge in [0, 0.05) is 27.9 Å². The first kappa shape index (κ1) is 14.1. The summed E-state index contributed by atoms with van der Waals surface area (Å²) in [6.07, 6.45) is 1.28. The van der Waals surface area contributed by atoms with Crippen molar-refractivity contribution in [1.29, 1.82) is 0 Å². The van der Waals surface area contributed by atoms with E-state index in [2.05, 4.69) is 36.1 Å². The Hall–Kier alpha value is -1.81. The van der Waals surface area contributed by atoms with Gasteiger partial charge in [-0.2, -0.15) is 0 Å². The SMILES string of the molecule is CCc1ccc(CN2CC(CC(=O)O)c3ccccc32)s1. The molecule has 1 aliphatic heterocycles. The highest BCUT2D eigenvalue weighted by atomic mass is 32.1. The molecule has 0 bridgehead atoms. The van der Waals surface area contributed by atoms with Gasteiger partial charge in [-0.3, -0.25) is 4.79 Å². The van der Waals surface area contributed by atoms with Crippen molar-refractivity contribution in [1.82, 2.24) is 0 Å². The van der Waals surface area contributed by atoms with Gasteiger partial charge in [0.1, 0.15) is 0 Å². The Labute approximate surface area is 128 Å². The molecular formula is C17H19NO2S. The van der Waals surface area contributed by atoms with Crippen LogP contribution in [-0.4, -0.2) is 17.6 Å². The van der Waals surface area contributed by atoms with Crippen LogP contribution in [0.1, 0.15) is 34.6 Å². The molecule has 3 nitrogen and oxygen atoms in total. The van der Waals surface area contributed by atoms with Crippen molar-refractivity contribution < 1.29 is 9.90 Å². The highest BCUT2D eigenvalue weighted by molar-refractivity contribution is 7.12. The van der Waals surface area contributed by atoms with Crippen LogP contribution in [0.3, 0.4) is 0 Å². The minimum absolute atomic E-state index is 0.101. The average Bonchev–Trinajstić information content (AvgIpc) is 3.05. The summed E-state index contributed by atoms with van der Waals surface area (Å²) in [5.41, 5.74) is 2.36. The molecule has 2 aromatic rings. The fourth-order valence-corrected chi connectivity index (χ4v) is 3.98. The largest absolute Gasteiger partial charge is 0.481 e. The molecule has 1 aliphatic rings. The fraction of sp³-hybridized carbons (Fsp3) is 0.353. The molecule has 1 unspecified atom stereocenters. The molecule has 110 valence electrons. The van der Waals surface area contributed by atoms with E-state index < -0.39 is 5.97 Å². The Morgan fingerprint density at radius 2 is 2.05 bits per heavy atom. The van der Waals surface area contributed by atoms with Crippen LogP contribution >= 0.6 is 11.3 Å². The van der Waals surface area contributed by atoms with Crippen LogP contribution in [0.25, 0.3) is 0 Å². The third-order valence-electron chi connectivity index (χ3n) is 3.99. The predicted octanol–water partition coefficient (Wildman–Crippen LogP) is 3.89. The number of fused-ring (bicyclic) bond motifs is 1. The van der Waals surface area contributed by atoms with Gasteiger partial charge in [0.25, 0.3) is 0 Å². The lowest BCUT2D eigenvalue weighted by Crippen LogP contribution is -2.21. The Morgan fingerprint density at radius 3 is 2.76 bits per heavy atom. The van der Waals surface area contributed by atoms with Crippen molar-refractivity contribution >= 4 is 23.0 Å². The maximum absolute atomic E-state index is 11.1. The van der Waals surface area contributed by atoms with E-state index in [-0.39, 0.29) is 12.3 Å². The van der Waals surface area contributed by atoms with Gasteiger partial charge in [-0.15, -0.1) is 11.3 Å². The fourth-order valence-electron chi connectivity index (χ4n) is 3.00.